The van der Waals surface area contributed by atoms with Crippen LogP contribution in [-0.2, 0) is 0 Å². The van der Waals surface area contributed by atoms with Crippen molar-refractivity contribution in [2.45, 2.75) is 40.3 Å². The number of hydrogen-bond acceptors (Lipinski definition) is 0. The summed E-state index contributed by atoms with van der Waals surface area (Å²) in [7, 11) is 0. The van der Waals surface area contributed by atoms with Crippen LogP contribution in [0.1, 0.15) is 34.1 Å². The van der Waals surface area contributed by atoms with E-state index in [2.05, 4.69) is 0 Å². The van der Waals surface area contributed by atoms with Crippen molar-refractivity contribution < 1.29 is 13.2 Å². The zero-order valence-corrected chi connectivity index (χ0v) is 9.07. The number of rotatable bonds is 3. The van der Waals surface area contributed by atoms with E-state index < -0.39 is 11.7 Å². The summed E-state index contributed by atoms with van der Waals surface area (Å²) in [4.78, 5) is 0. The summed E-state index contributed by atoms with van der Waals surface area (Å²) in [5.41, 5.74) is 0.484. The van der Waals surface area contributed by atoms with E-state index in [0.29, 0.717) is 5.92 Å². The molecule has 0 heterocycles. The van der Waals surface area contributed by atoms with E-state index in [9.17, 15) is 13.2 Å². The van der Waals surface area contributed by atoms with E-state index >= 15 is 0 Å². The quantitative estimate of drug-likeness (QED) is 0.597. The highest BCUT2D eigenvalue weighted by Crippen LogP contribution is 2.25. The molecule has 0 fully saturated rings. The van der Waals surface area contributed by atoms with Gasteiger partial charge in [0.2, 0.25) is 0 Å². The third kappa shape index (κ3) is 4.49. The van der Waals surface area contributed by atoms with E-state index in [1.165, 1.54) is 0 Å². The molecule has 0 bridgehead atoms. The van der Waals surface area contributed by atoms with Gasteiger partial charge < -0.3 is 0 Å². The molecule has 0 saturated heterocycles. The first kappa shape index (κ1) is 13.3. The molecule has 3 heteroatoms. The Labute approximate surface area is 83.5 Å². The second-order valence-electron chi connectivity index (χ2n) is 3.60. The predicted molar refractivity (Wildman–Crippen MR) is 53.0 cm³/mol. The molecule has 0 aromatic rings. The van der Waals surface area contributed by atoms with Crippen LogP contribution < -0.4 is 0 Å². The molecular formula is C11H17F3. The van der Waals surface area contributed by atoms with E-state index in [1.54, 1.807) is 6.08 Å². The summed E-state index contributed by atoms with van der Waals surface area (Å²) in [6.07, 6.45) is -0.683. The second-order valence-corrected chi connectivity index (χ2v) is 3.60. The van der Waals surface area contributed by atoms with Gasteiger partial charge in [-0.3, -0.25) is 0 Å². The standard InChI is InChI=1S/C11H17F3/c1-5-10(8(2)3)7-6-9(4)11(12,13)14/h6-8H,5H2,1-4H3/b9-6+,10-7+. The van der Waals surface area contributed by atoms with Crippen LogP contribution in [-0.4, -0.2) is 6.18 Å². The molecule has 0 unspecified atom stereocenters. The van der Waals surface area contributed by atoms with Crippen LogP contribution in [0.25, 0.3) is 0 Å². The molecule has 82 valence electrons. The summed E-state index contributed by atoms with van der Waals surface area (Å²) < 4.78 is 36.3. The minimum Gasteiger partial charge on any atom is -0.166 e. The molecule has 0 rings (SSSR count). The fourth-order valence-corrected chi connectivity index (χ4v) is 1.05. The van der Waals surface area contributed by atoms with E-state index in [0.717, 1.165) is 25.0 Å². The third-order valence-corrected chi connectivity index (χ3v) is 2.14. The predicted octanol–water partition coefficient (Wildman–Crippen LogP) is 4.49. The lowest BCUT2D eigenvalue weighted by Crippen LogP contribution is -2.08. The number of alkyl halides is 3. The molecule has 0 aliphatic rings. The van der Waals surface area contributed by atoms with Crippen LogP contribution in [0.2, 0.25) is 0 Å². The Balaban J connectivity index is 4.67. The monoisotopic (exact) mass is 206 g/mol. The zero-order valence-electron chi connectivity index (χ0n) is 9.07. The highest BCUT2D eigenvalue weighted by molar-refractivity contribution is 5.20. The minimum absolute atomic E-state index is 0.303. The van der Waals surface area contributed by atoms with Crippen LogP contribution in [0, 0.1) is 5.92 Å². The Morgan fingerprint density at radius 1 is 1.21 bits per heavy atom. The van der Waals surface area contributed by atoms with Gasteiger partial charge in [0.1, 0.15) is 0 Å². The average molecular weight is 206 g/mol. The van der Waals surface area contributed by atoms with Crippen LogP contribution in [0.4, 0.5) is 13.2 Å². The molecule has 14 heavy (non-hydrogen) atoms. The molecule has 0 N–H and O–H groups in total. The maximum absolute atomic E-state index is 12.1. The van der Waals surface area contributed by atoms with Crippen molar-refractivity contribution in [3.63, 3.8) is 0 Å². The lowest BCUT2D eigenvalue weighted by Gasteiger charge is -2.08. The van der Waals surface area contributed by atoms with Crippen molar-refractivity contribution in [3.05, 3.63) is 23.3 Å². The van der Waals surface area contributed by atoms with Gasteiger partial charge in [0.25, 0.3) is 0 Å². The van der Waals surface area contributed by atoms with Gasteiger partial charge in [-0.25, -0.2) is 0 Å². The maximum atomic E-state index is 12.1. The molecule has 0 saturated carbocycles. The number of halogens is 3. The molecule has 0 amide bonds. The molecular weight excluding hydrogens is 189 g/mol. The molecule has 0 radical (unpaired) electrons. The smallest absolute Gasteiger partial charge is 0.166 e. The van der Waals surface area contributed by atoms with Crippen LogP contribution in [0.3, 0.4) is 0 Å². The van der Waals surface area contributed by atoms with Crippen LogP contribution in [0.5, 0.6) is 0 Å². The van der Waals surface area contributed by atoms with Gasteiger partial charge >= 0.3 is 6.18 Å². The molecule has 0 spiro atoms. The highest BCUT2D eigenvalue weighted by atomic mass is 19.4. The molecule has 0 nitrogen and oxygen atoms in total. The average Bonchev–Trinajstić information content (AvgIpc) is 2.02. The van der Waals surface area contributed by atoms with Gasteiger partial charge in [-0.2, -0.15) is 13.2 Å². The van der Waals surface area contributed by atoms with Crippen molar-refractivity contribution in [3.8, 4) is 0 Å². The Kier molecular flexibility index (Phi) is 4.95. The summed E-state index contributed by atoms with van der Waals surface area (Å²) in [6, 6.07) is 0. The fraction of sp³-hybridized carbons (Fsp3) is 0.636. The van der Waals surface area contributed by atoms with Crippen LogP contribution >= 0.6 is 0 Å². The van der Waals surface area contributed by atoms with Gasteiger partial charge in [0.15, 0.2) is 0 Å². The van der Waals surface area contributed by atoms with Gasteiger partial charge in [0.05, 0.1) is 0 Å². The van der Waals surface area contributed by atoms with E-state index in [-0.39, 0.29) is 0 Å². The Hall–Kier alpha value is -0.730. The summed E-state index contributed by atoms with van der Waals surface area (Å²) >= 11 is 0. The minimum atomic E-state index is -4.20. The van der Waals surface area contributed by atoms with Crippen molar-refractivity contribution in [2.24, 2.45) is 5.92 Å². The maximum Gasteiger partial charge on any atom is 0.412 e. The van der Waals surface area contributed by atoms with Crippen LogP contribution in [0.15, 0.2) is 23.3 Å². The van der Waals surface area contributed by atoms with E-state index in [4.69, 9.17) is 0 Å². The van der Waals surface area contributed by atoms with Gasteiger partial charge in [0, 0.05) is 5.57 Å². The van der Waals surface area contributed by atoms with Crippen molar-refractivity contribution in [1.82, 2.24) is 0 Å². The van der Waals surface area contributed by atoms with E-state index in [1.807, 2.05) is 20.8 Å². The molecule has 0 aromatic heterocycles. The summed E-state index contributed by atoms with van der Waals surface area (Å²) in [5.74, 6) is 0.303. The summed E-state index contributed by atoms with van der Waals surface area (Å²) in [6.45, 7) is 6.99. The zero-order chi connectivity index (χ0) is 11.4. The van der Waals surface area contributed by atoms with Gasteiger partial charge in [-0.15, -0.1) is 0 Å². The SMILES string of the molecule is CC/C(=C\C=C(/C)C(F)(F)F)C(C)C. The Bertz CT molecular complexity index is 225. The first-order valence-electron chi connectivity index (χ1n) is 4.73. The lowest BCUT2D eigenvalue weighted by atomic mass is 10.00. The van der Waals surface area contributed by atoms with Crippen molar-refractivity contribution in [2.75, 3.05) is 0 Å². The molecule has 0 aliphatic heterocycles. The molecule has 0 aromatic carbocycles. The first-order valence-corrected chi connectivity index (χ1v) is 4.73. The largest absolute Gasteiger partial charge is 0.412 e. The summed E-state index contributed by atoms with van der Waals surface area (Å²) in [5, 5.41) is 0. The molecule has 0 aliphatic carbocycles. The highest BCUT2D eigenvalue weighted by Gasteiger charge is 2.29. The van der Waals surface area contributed by atoms with Gasteiger partial charge in [-0.05, 0) is 19.3 Å². The normalized spacial score (nSPS) is 15.1. The number of allylic oxidation sites excluding steroid dienone is 4. The second kappa shape index (κ2) is 5.23. The lowest BCUT2D eigenvalue weighted by molar-refractivity contribution is -0.0913. The van der Waals surface area contributed by atoms with Crippen molar-refractivity contribution in [1.29, 1.82) is 0 Å². The third-order valence-electron chi connectivity index (χ3n) is 2.14. The molecule has 0 atom stereocenters. The topological polar surface area (TPSA) is 0 Å². The Morgan fingerprint density at radius 3 is 2.00 bits per heavy atom. The number of hydrogen-bond donors (Lipinski definition) is 0. The first-order chi connectivity index (χ1) is 6.29. The fourth-order valence-electron chi connectivity index (χ4n) is 1.05. The van der Waals surface area contributed by atoms with Crippen molar-refractivity contribution >= 4 is 0 Å². The Morgan fingerprint density at radius 2 is 1.71 bits per heavy atom. The van der Waals surface area contributed by atoms with Gasteiger partial charge in [-0.1, -0.05) is 38.5 Å².